The van der Waals surface area contributed by atoms with Crippen molar-refractivity contribution in [2.75, 3.05) is 13.2 Å². The monoisotopic (exact) mass is 1060 g/mol. The SMILES string of the molecule is CC/C=C\C/C=C\C/C=C\C/C=C\C/C=C\C/C=C\C/C=C\CCCCCCCCCC(=O)OCC(COC(=O)CCCCCCC/C=C\CCC)OC(=O)CCCCCCCCCCCCCCCCCCCCC. The van der Waals surface area contributed by atoms with Gasteiger partial charge in [-0.1, -0.05) is 291 Å². The van der Waals surface area contributed by atoms with Crippen LogP contribution in [0, 0.1) is 0 Å². The second-order valence-corrected chi connectivity index (χ2v) is 21.3. The molecule has 0 N–H and O–H groups in total. The van der Waals surface area contributed by atoms with Gasteiger partial charge in [-0.05, 0) is 96.3 Å². The Morgan fingerprint density at radius 1 is 0.276 bits per heavy atom. The zero-order valence-corrected chi connectivity index (χ0v) is 50.0. The zero-order valence-electron chi connectivity index (χ0n) is 50.0. The summed E-state index contributed by atoms with van der Waals surface area (Å²) in [5.41, 5.74) is 0. The number of rotatable bonds is 58. The summed E-state index contributed by atoms with van der Waals surface area (Å²) in [6.45, 7) is 6.48. The molecule has 0 fully saturated rings. The minimum Gasteiger partial charge on any atom is -0.462 e. The molecule has 1 unspecified atom stereocenters. The highest BCUT2D eigenvalue weighted by Gasteiger charge is 2.19. The van der Waals surface area contributed by atoms with Crippen LogP contribution in [0.3, 0.4) is 0 Å². The molecule has 0 aliphatic rings. The minimum atomic E-state index is -0.784. The Labute approximate surface area is 470 Å². The molecule has 0 amide bonds. The fourth-order valence-corrected chi connectivity index (χ4v) is 9.02. The average molecular weight is 1060 g/mol. The van der Waals surface area contributed by atoms with Crippen LogP contribution in [-0.2, 0) is 28.6 Å². The van der Waals surface area contributed by atoms with Crippen molar-refractivity contribution in [3.05, 3.63) is 97.2 Å². The van der Waals surface area contributed by atoms with E-state index >= 15 is 0 Å². The van der Waals surface area contributed by atoms with Gasteiger partial charge in [0.2, 0.25) is 0 Å². The molecular formula is C70H120O6. The number of hydrogen-bond acceptors (Lipinski definition) is 6. The zero-order chi connectivity index (χ0) is 55.0. The molecule has 0 aliphatic heterocycles. The molecule has 0 spiro atoms. The third-order valence-corrected chi connectivity index (χ3v) is 13.8. The van der Waals surface area contributed by atoms with Crippen molar-refractivity contribution in [2.45, 2.75) is 316 Å². The third-order valence-electron chi connectivity index (χ3n) is 13.8. The van der Waals surface area contributed by atoms with Crippen molar-refractivity contribution in [3.8, 4) is 0 Å². The normalized spacial score (nSPS) is 12.7. The van der Waals surface area contributed by atoms with Crippen molar-refractivity contribution in [3.63, 3.8) is 0 Å². The largest absolute Gasteiger partial charge is 0.462 e. The van der Waals surface area contributed by atoms with E-state index in [0.717, 1.165) is 122 Å². The predicted molar refractivity (Wildman–Crippen MR) is 330 cm³/mol. The topological polar surface area (TPSA) is 78.9 Å². The van der Waals surface area contributed by atoms with E-state index in [2.05, 4.69) is 118 Å². The van der Waals surface area contributed by atoms with Gasteiger partial charge in [0.1, 0.15) is 13.2 Å². The van der Waals surface area contributed by atoms with E-state index in [1.165, 1.54) is 148 Å². The van der Waals surface area contributed by atoms with E-state index in [1.54, 1.807) is 0 Å². The van der Waals surface area contributed by atoms with Crippen LogP contribution in [-0.4, -0.2) is 37.2 Å². The number of carbonyl (C=O) groups is 3. The lowest BCUT2D eigenvalue weighted by molar-refractivity contribution is -0.167. The second-order valence-electron chi connectivity index (χ2n) is 21.3. The van der Waals surface area contributed by atoms with Crippen LogP contribution in [0.5, 0.6) is 0 Å². The number of carbonyl (C=O) groups excluding carboxylic acids is 3. The van der Waals surface area contributed by atoms with Crippen molar-refractivity contribution < 1.29 is 28.6 Å². The number of hydrogen-bond donors (Lipinski definition) is 0. The fourth-order valence-electron chi connectivity index (χ4n) is 9.02. The van der Waals surface area contributed by atoms with Crippen molar-refractivity contribution >= 4 is 17.9 Å². The number of esters is 3. The van der Waals surface area contributed by atoms with Gasteiger partial charge < -0.3 is 14.2 Å². The average Bonchev–Trinajstić information content (AvgIpc) is 3.42. The van der Waals surface area contributed by atoms with Crippen LogP contribution in [0.2, 0.25) is 0 Å². The van der Waals surface area contributed by atoms with Crippen molar-refractivity contribution in [2.24, 2.45) is 0 Å². The second kappa shape index (κ2) is 63.9. The van der Waals surface area contributed by atoms with Crippen molar-refractivity contribution in [1.29, 1.82) is 0 Å². The summed E-state index contributed by atoms with van der Waals surface area (Å²) in [7, 11) is 0. The predicted octanol–water partition coefficient (Wildman–Crippen LogP) is 22.0. The highest BCUT2D eigenvalue weighted by molar-refractivity contribution is 5.71. The van der Waals surface area contributed by atoms with Gasteiger partial charge in [-0.25, -0.2) is 0 Å². The summed E-state index contributed by atoms with van der Waals surface area (Å²) in [5.74, 6) is -0.893. The maximum atomic E-state index is 12.9. The number of allylic oxidation sites excluding steroid dienone is 16. The Hall–Kier alpha value is -3.67. The lowest BCUT2D eigenvalue weighted by Gasteiger charge is -2.18. The van der Waals surface area contributed by atoms with E-state index in [0.29, 0.717) is 19.3 Å². The van der Waals surface area contributed by atoms with Crippen LogP contribution in [0.25, 0.3) is 0 Å². The van der Waals surface area contributed by atoms with Crippen LogP contribution in [0.1, 0.15) is 310 Å². The van der Waals surface area contributed by atoms with Gasteiger partial charge in [0.15, 0.2) is 6.10 Å². The van der Waals surface area contributed by atoms with Crippen molar-refractivity contribution in [1.82, 2.24) is 0 Å². The quantitative estimate of drug-likeness (QED) is 0.0261. The van der Waals surface area contributed by atoms with Crippen LogP contribution in [0.15, 0.2) is 97.2 Å². The Balaban J connectivity index is 4.25. The van der Waals surface area contributed by atoms with E-state index in [-0.39, 0.29) is 31.1 Å². The number of ether oxygens (including phenoxy) is 3. The molecule has 0 bridgehead atoms. The smallest absolute Gasteiger partial charge is 0.306 e. The van der Waals surface area contributed by atoms with Gasteiger partial charge in [0.05, 0.1) is 0 Å². The Morgan fingerprint density at radius 2 is 0.539 bits per heavy atom. The molecule has 0 aromatic heterocycles. The molecule has 0 aliphatic carbocycles. The molecule has 0 saturated heterocycles. The molecule has 0 saturated carbocycles. The molecule has 0 rings (SSSR count). The van der Waals surface area contributed by atoms with E-state index in [4.69, 9.17) is 14.2 Å². The molecule has 6 heteroatoms. The molecule has 0 aromatic rings. The molecule has 436 valence electrons. The molecule has 76 heavy (non-hydrogen) atoms. The maximum absolute atomic E-state index is 12.9. The molecule has 0 radical (unpaired) electrons. The van der Waals surface area contributed by atoms with E-state index in [1.807, 2.05) is 0 Å². The maximum Gasteiger partial charge on any atom is 0.306 e. The van der Waals surface area contributed by atoms with Gasteiger partial charge >= 0.3 is 17.9 Å². The summed E-state index contributed by atoms with van der Waals surface area (Å²) in [6.07, 6.45) is 85.6. The highest BCUT2D eigenvalue weighted by Crippen LogP contribution is 2.17. The summed E-state index contributed by atoms with van der Waals surface area (Å²) in [6, 6.07) is 0. The Kier molecular flexibility index (Phi) is 60.8. The van der Waals surface area contributed by atoms with Gasteiger partial charge in [0, 0.05) is 19.3 Å². The van der Waals surface area contributed by atoms with Gasteiger partial charge in [-0.15, -0.1) is 0 Å². The summed E-state index contributed by atoms with van der Waals surface area (Å²) in [4.78, 5) is 38.2. The number of unbranched alkanes of at least 4 members (excludes halogenated alkanes) is 31. The van der Waals surface area contributed by atoms with Gasteiger partial charge in [0.25, 0.3) is 0 Å². The Morgan fingerprint density at radius 3 is 0.868 bits per heavy atom. The lowest BCUT2D eigenvalue weighted by atomic mass is 10.0. The standard InChI is InChI=1S/C70H120O6/c1-4-7-10-13-16-19-22-24-26-28-30-31-32-33-34-35-36-37-38-39-41-42-44-46-48-51-54-57-60-63-69(72)75-66-67(65-74-68(71)62-59-56-53-50-21-18-15-12-9-6-3)76-70(73)64-61-58-55-52-49-47-45-43-40-29-27-25-23-20-17-14-11-8-5-2/h7,10,12,15-16,19,24,26,30-31,33-34,36-37,39,41,67H,4-6,8-9,11,13-14,17-18,20-23,25,27-29,32,35,38,40,42-66H2,1-3H3/b10-7-,15-12-,19-16-,26-24-,31-30-,34-33-,37-36-,41-39-. The van der Waals surface area contributed by atoms with E-state index in [9.17, 15) is 14.4 Å². The summed E-state index contributed by atoms with van der Waals surface area (Å²) < 4.78 is 16.9. The van der Waals surface area contributed by atoms with Crippen LogP contribution >= 0.6 is 0 Å². The van der Waals surface area contributed by atoms with Crippen LogP contribution in [0.4, 0.5) is 0 Å². The first-order valence-electron chi connectivity index (χ1n) is 32.2. The third kappa shape index (κ3) is 61.2. The summed E-state index contributed by atoms with van der Waals surface area (Å²) in [5, 5.41) is 0. The first-order chi connectivity index (χ1) is 37.5. The molecule has 0 aromatic carbocycles. The molecule has 1 atom stereocenters. The fraction of sp³-hybridized carbons (Fsp3) is 0.729. The first-order valence-corrected chi connectivity index (χ1v) is 32.2. The minimum absolute atomic E-state index is 0.0829. The van der Waals surface area contributed by atoms with E-state index < -0.39 is 6.10 Å². The first kappa shape index (κ1) is 72.3. The van der Waals surface area contributed by atoms with Crippen LogP contribution < -0.4 is 0 Å². The molecule has 6 nitrogen and oxygen atoms in total. The van der Waals surface area contributed by atoms with Gasteiger partial charge in [-0.3, -0.25) is 14.4 Å². The van der Waals surface area contributed by atoms with Gasteiger partial charge in [-0.2, -0.15) is 0 Å². The lowest BCUT2D eigenvalue weighted by Crippen LogP contribution is -2.30. The highest BCUT2D eigenvalue weighted by atomic mass is 16.6. The molecule has 0 heterocycles. The summed E-state index contributed by atoms with van der Waals surface area (Å²) >= 11 is 0. The molecular weight excluding hydrogens is 937 g/mol. The Bertz CT molecular complexity index is 1490.